The predicted octanol–water partition coefficient (Wildman–Crippen LogP) is 2.73. The van der Waals surface area contributed by atoms with Crippen LogP contribution in [0.15, 0.2) is 5.38 Å². The highest BCUT2D eigenvalue weighted by molar-refractivity contribution is 7.10. The van der Waals surface area contributed by atoms with Crippen molar-refractivity contribution < 1.29 is 4.79 Å². The molecule has 0 spiro atoms. The molecule has 20 heavy (non-hydrogen) atoms. The molecule has 2 heterocycles. The van der Waals surface area contributed by atoms with Gasteiger partial charge in [-0.25, -0.2) is 0 Å². The molecule has 1 atom stereocenters. The molecule has 112 valence electrons. The molecule has 3 rings (SSSR count). The van der Waals surface area contributed by atoms with Gasteiger partial charge in [0.15, 0.2) is 0 Å². The Morgan fingerprint density at radius 3 is 3.05 bits per heavy atom. The average Bonchev–Trinajstić information content (AvgIpc) is 3.05. The summed E-state index contributed by atoms with van der Waals surface area (Å²) in [6.45, 7) is 2.87. The number of halogens is 1. The van der Waals surface area contributed by atoms with Crippen LogP contribution in [-0.4, -0.2) is 37.5 Å². The quantitative estimate of drug-likeness (QED) is 0.930. The third-order valence-corrected chi connectivity index (χ3v) is 5.45. The number of hydrogen-bond donors (Lipinski definition) is 1. The van der Waals surface area contributed by atoms with Crippen LogP contribution in [0.2, 0.25) is 0 Å². The van der Waals surface area contributed by atoms with Gasteiger partial charge in [-0.3, -0.25) is 4.79 Å². The molecule has 1 aromatic heterocycles. The van der Waals surface area contributed by atoms with E-state index in [1.54, 1.807) is 11.3 Å². The van der Waals surface area contributed by atoms with E-state index in [1.165, 1.54) is 29.7 Å². The van der Waals surface area contributed by atoms with Crippen molar-refractivity contribution in [3.05, 3.63) is 21.4 Å². The lowest BCUT2D eigenvalue weighted by Crippen LogP contribution is -2.30. The number of amides is 1. The van der Waals surface area contributed by atoms with Crippen LogP contribution < -0.4 is 5.32 Å². The zero-order valence-electron chi connectivity index (χ0n) is 12.0. The normalized spacial score (nSPS) is 21.4. The van der Waals surface area contributed by atoms with Gasteiger partial charge in [-0.2, -0.15) is 0 Å². The minimum Gasteiger partial charge on any atom is -0.338 e. The minimum absolute atomic E-state index is 0. The van der Waals surface area contributed by atoms with Crippen molar-refractivity contribution in [2.75, 3.05) is 26.7 Å². The van der Waals surface area contributed by atoms with Gasteiger partial charge in [-0.15, -0.1) is 23.7 Å². The van der Waals surface area contributed by atoms with Crippen LogP contribution in [0.5, 0.6) is 0 Å². The van der Waals surface area contributed by atoms with Gasteiger partial charge in [-0.1, -0.05) is 0 Å². The van der Waals surface area contributed by atoms with Crippen molar-refractivity contribution in [2.24, 2.45) is 5.92 Å². The largest absolute Gasteiger partial charge is 0.338 e. The molecule has 3 nitrogen and oxygen atoms in total. The number of aryl methyl sites for hydroxylation is 1. The molecule has 0 radical (unpaired) electrons. The van der Waals surface area contributed by atoms with Crippen molar-refractivity contribution in [2.45, 2.75) is 32.1 Å². The molecule has 1 aromatic rings. The summed E-state index contributed by atoms with van der Waals surface area (Å²) >= 11 is 1.79. The summed E-state index contributed by atoms with van der Waals surface area (Å²) in [5.41, 5.74) is 2.36. The lowest BCUT2D eigenvalue weighted by molar-refractivity contribution is 0.0786. The second-order valence-electron chi connectivity index (χ2n) is 5.72. The zero-order chi connectivity index (χ0) is 13.2. The van der Waals surface area contributed by atoms with Gasteiger partial charge < -0.3 is 10.2 Å². The smallest absolute Gasteiger partial charge is 0.254 e. The number of nitrogens with zero attached hydrogens (tertiary/aromatic N) is 1. The van der Waals surface area contributed by atoms with E-state index in [9.17, 15) is 4.79 Å². The van der Waals surface area contributed by atoms with Crippen molar-refractivity contribution in [1.29, 1.82) is 0 Å². The Hall–Kier alpha value is -0.580. The molecule has 0 saturated carbocycles. The number of carbonyl (C=O) groups excluding carboxylic acids is 1. The molecular weight excluding hydrogens is 292 g/mol. The molecule has 1 unspecified atom stereocenters. The van der Waals surface area contributed by atoms with Crippen LogP contribution >= 0.6 is 23.7 Å². The van der Waals surface area contributed by atoms with E-state index in [2.05, 4.69) is 15.6 Å². The number of likely N-dealkylation sites (tertiary alicyclic amines) is 1. The highest BCUT2D eigenvalue weighted by Gasteiger charge is 2.29. The number of hydrogen-bond acceptors (Lipinski definition) is 3. The molecule has 1 aliphatic heterocycles. The average molecular weight is 315 g/mol. The first kappa shape index (κ1) is 15.8. The Balaban J connectivity index is 0.00000147. The highest BCUT2D eigenvalue weighted by Crippen LogP contribution is 2.31. The summed E-state index contributed by atoms with van der Waals surface area (Å²) < 4.78 is 0. The third-order valence-electron chi connectivity index (χ3n) is 4.36. The van der Waals surface area contributed by atoms with Crippen LogP contribution in [0.25, 0.3) is 0 Å². The van der Waals surface area contributed by atoms with E-state index >= 15 is 0 Å². The lowest BCUT2D eigenvalue weighted by atomic mass is 9.95. The van der Waals surface area contributed by atoms with E-state index in [0.717, 1.165) is 38.0 Å². The Bertz CT molecular complexity index is 474. The van der Waals surface area contributed by atoms with Crippen LogP contribution in [0.3, 0.4) is 0 Å². The molecule has 1 aliphatic carbocycles. The monoisotopic (exact) mass is 314 g/mol. The van der Waals surface area contributed by atoms with Crippen LogP contribution in [0.4, 0.5) is 0 Å². The Labute approximate surface area is 131 Å². The molecule has 1 amide bonds. The van der Waals surface area contributed by atoms with Crippen LogP contribution in [-0.2, 0) is 12.8 Å². The van der Waals surface area contributed by atoms with Crippen molar-refractivity contribution in [3.8, 4) is 0 Å². The summed E-state index contributed by atoms with van der Waals surface area (Å²) in [6.07, 6.45) is 5.95. The first-order valence-corrected chi connectivity index (χ1v) is 8.20. The SMILES string of the molecule is CNCC1CCN(C(=O)c2csc3c2CCCC3)C1.Cl. The standard InChI is InChI=1S/C15H22N2OS.ClH/c1-16-8-11-6-7-17(9-11)15(18)13-10-19-14-5-3-2-4-12(13)14;/h10-11,16H,2-9H2,1H3;1H. The van der Waals surface area contributed by atoms with Gasteiger partial charge in [0.05, 0.1) is 5.56 Å². The topological polar surface area (TPSA) is 32.3 Å². The van der Waals surface area contributed by atoms with Gasteiger partial charge in [0.2, 0.25) is 0 Å². The second-order valence-corrected chi connectivity index (χ2v) is 6.69. The molecule has 1 saturated heterocycles. The van der Waals surface area contributed by atoms with Gasteiger partial charge >= 0.3 is 0 Å². The van der Waals surface area contributed by atoms with Crippen molar-refractivity contribution in [3.63, 3.8) is 0 Å². The van der Waals surface area contributed by atoms with E-state index < -0.39 is 0 Å². The number of nitrogens with one attached hydrogen (secondary N) is 1. The summed E-state index contributed by atoms with van der Waals surface area (Å²) in [7, 11) is 1.99. The highest BCUT2D eigenvalue weighted by atomic mass is 35.5. The first-order chi connectivity index (χ1) is 9.29. The van der Waals surface area contributed by atoms with Gasteiger partial charge in [0.25, 0.3) is 5.91 Å². The number of fused-ring (bicyclic) bond motifs is 1. The van der Waals surface area contributed by atoms with Gasteiger partial charge in [-0.05, 0) is 57.2 Å². The maximum atomic E-state index is 12.6. The minimum atomic E-state index is 0. The van der Waals surface area contributed by atoms with E-state index in [4.69, 9.17) is 0 Å². The van der Waals surface area contributed by atoms with Crippen LogP contribution in [0.1, 0.15) is 40.1 Å². The Kier molecular flexibility index (Phi) is 5.47. The predicted molar refractivity (Wildman–Crippen MR) is 86.1 cm³/mol. The number of rotatable bonds is 3. The van der Waals surface area contributed by atoms with E-state index in [-0.39, 0.29) is 18.3 Å². The fourth-order valence-corrected chi connectivity index (χ4v) is 4.44. The maximum Gasteiger partial charge on any atom is 0.254 e. The number of carbonyl (C=O) groups is 1. The molecule has 1 fully saturated rings. The molecule has 0 aromatic carbocycles. The number of thiophene rings is 1. The second kappa shape index (κ2) is 6.92. The zero-order valence-corrected chi connectivity index (χ0v) is 13.6. The van der Waals surface area contributed by atoms with Crippen molar-refractivity contribution >= 4 is 29.7 Å². The fraction of sp³-hybridized carbons (Fsp3) is 0.667. The van der Waals surface area contributed by atoms with Gasteiger partial charge in [0.1, 0.15) is 0 Å². The summed E-state index contributed by atoms with van der Waals surface area (Å²) in [5.74, 6) is 0.904. The molecule has 5 heteroatoms. The van der Waals surface area contributed by atoms with E-state index in [0.29, 0.717) is 5.92 Å². The maximum absolute atomic E-state index is 12.6. The van der Waals surface area contributed by atoms with Gasteiger partial charge in [0, 0.05) is 23.3 Å². The summed E-state index contributed by atoms with van der Waals surface area (Å²) in [4.78, 5) is 16.2. The van der Waals surface area contributed by atoms with Crippen LogP contribution in [0, 0.1) is 5.92 Å². The first-order valence-electron chi connectivity index (χ1n) is 7.32. The molecule has 0 bridgehead atoms. The molecular formula is C15H23ClN2OS. The van der Waals surface area contributed by atoms with E-state index in [1.807, 2.05) is 7.05 Å². The molecule has 2 aliphatic rings. The molecule has 1 N–H and O–H groups in total. The summed E-state index contributed by atoms with van der Waals surface area (Å²) in [6, 6.07) is 0. The summed E-state index contributed by atoms with van der Waals surface area (Å²) in [5, 5.41) is 5.32. The van der Waals surface area contributed by atoms with Crippen molar-refractivity contribution in [1.82, 2.24) is 10.2 Å². The lowest BCUT2D eigenvalue weighted by Gasteiger charge is -2.18. The Morgan fingerprint density at radius 2 is 2.25 bits per heavy atom. The fourth-order valence-electron chi connectivity index (χ4n) is 3.32. The third kappa shape index (κ3) is 3.02. The Morgan fingerprint density at radius 1 is 1.45 bits per heavy atom.